The molecule has 1 aromatic rings. The maximum Gasteiger partial charge on any atom is 0.123 e. The molecule has 1 nitrogen and oxygen atoms in total. The van der Waals surface area contributed by atoms with Gasteiger partial charge >= 0.3 is 0 Å². The minimum Gasteiger partial charge on any atom is -0.490 e. The van der Waals surface area contributed by atoms with E-state index >= 15 is 0 Å². The van der Waals surface area contributed by atoms with Crippen LogP contribution in [0, 0.1) is 5.41 Å². The van der Waals surface area contributed by atoms with Crippen molar-refractivity contribution in [1.29, 1.82) is 0 Å². The Hall–Kier alpha value is -0.980. The van der Waals surface area contributed by atoms with E-state index in [1.54, 1.807) is 0 Å². The zero-order chi connectivity index (χ0) is 11.1. The van der Waals surface area contributed by atoms with E-state index < -0.39 is 0 Å². The van der Waals surface area contributed by atoms with Crippen molar-refractivity contribution in [2.75, 3.05) is 0 Å². The van der Waals surface area contributed by atoms with Gasteiger partial charge in [-0.2, -0.15) is 0 Å². The lowest BCUT2D eigenvalue weighted by atomic mass is 9.72. The van der Waals surface area contributed by atoms with Crippen molar-refractivity contribution >= 4 is 0 Å². The van der Waals surface area contributed by atoms with Crippen LogP contribution in [-0.4, -0.2) is 6.10 Å². The highest BCUT2D eigenvalue weighted by Gasteiger charge is 2.33. The molecule has 1 aliphatic heterocycles. The monoisotopic (exact) mass is 204 g/mol. The summed E-state index contributed by atoms with van der Waals surface area (Å²) in [6.07, 6.45) is 1.46. The lowest BCUT2D eigenvalue weighted by Gasteiger charge is -2.38. The molecule has 82 valence electrons. The molecule has 0 aliphatic carbocycles. The van der Waals surface area contributed by atoms with Crippen molar-refractivity contribution in [1.82, 2.24) is 0 Å². The molecule has 0 bridgehead atoms. The van der Waals surface area contributed by atoms with Gasteiger partial charge in [0.2, 0.25) is 0 Å². The second kappa shape index (κ2) is 3.55. The highest BCUT2D eigenvalue weighted by molar-refractivity contribution is 5.39. The minimum atomic E-state index is 0.314. The molecule has 2 atom stereocenters. The average Bonchev–Trinajstić information content (AvgIpc) is 2.15. The van der Waals surface area contributed by atoms with E-state index in [2.05, 4.69) is 52.0 Å². The van der Waals surface area contributed by atoms with Gasteiger partial charge in [0.25, 0.3) is 0 Å². The smallest absolute Gasteiger partial charge is 0.123 e. The van der Waals surface area contributed by atoms with Gasteiger partial charge in [-0.1, -0.05) is 39.0 Å². The van der Waals surface area contributed by atoms with Crippen molar-refractivity contribution in [3.8, 4) is 5.75 Å². The molecule has 1 aromatic carbocycles. The number of rotatable bonds is 0. The summed E-state index contributed by atoms with van der Waals surface area (Å²) in [5, 5.41) is 0. The zero-order valence-corrected chi connectivity index (χ0v) is 10.1. The molecule has 15 heavy (non-hydrogen) atoms. The number of ether oxygens (including phenoxy) is 1. The molecular weight excluding hydrogens is 184 g/mol. The van der Waals surface area contributed by atoms with Crippen LogP contribution in [0.2, 0.25) is 0 Å². The van der Waals surface area contributed by atoms with Gasteiger partial charge in [-0.05, 0) is 36.3 Å². The van der Waals surface area contributed by atoms with E-state index in [0.717, 1.165) is 12.2 Å². The number of hydrogen-bond donors (Lipinski definition) is 0. The predicted octanol–water partition coefficient (Wildman–Crippen LogP) is 3.99. The standard InChI is InChI=1S/C14H20O/c1-10-9-12(14(2,3)4)11-7-5-6-8-13(11)15-10/h5-8,10,12H,9H2,1-4H3. The molecule has 1 heteroatoms. The summed E-state index contributed by atoms with van der Waals surface area (Å²) in [4.78, 5) is 0. The minimum absolute atomic E-state index is 0.314. The summed E-state index contributed by atoms with van der Waals surface area (Å²) in [5.41, 5.74) is 1.69. The van der Waals surface area contributed by atoms with Gasteiger partial charge in [0.15, 0.2) is 0 Å². The summed E-state index contributed by atoms with van der Waals surface area (Å²) in [7, 11) is 0. The number of para-hydroxylation sites is 1. The summed E-state index contributed by atoms with van der Waals surface area (Å²) in [6.45, 7) is 9.10. The van der Waals surface area contributed by atoms with Crippen LogP contribution in [0.4, 0.5) is 0 Å². The molecule has 1 heterocycles. The van der Waals surface area contributed by atoms with Crippen LogP contribution in [0.5, 0.6) is 5.75 Å². The maximum atomic E-state index is 5.86. The second-order valence-electron chi connectivity index (χ2n) is 5.62. The fourth-order valence-corrected chi connectivity index (χ4v) is 2.42. The Labute approximate surface area is 92.5 Å². The van der Waals surface area contributed by atoms with Gasteiger partial charge in [-0.3, -0.25) is 0 Å². The van der Waals surface area contributed by atoms with Gasteiger partial charge in [-0.25, -0.2) is 0 Å². The van der Waals surface area contributed by atoms with Crippen LogP contribution in [0.1, 0.15) is 45.6 Å². The predicted molar refractivity (Wildman–Crippen MR) is 63.3 cm³/mol. The normalized spacial score (nSPS) is 25.6. The molecule has 2 unspecified atom stereocenters. The highest BCUT2D eigenvalue weighted by Crippen LogP contribution is 2.45. The summed E-state index contributed by atoms with van der Waals surface area (Å²) in [5.74, 6) is 1.69. The van der Waals surface area contributed by atoms with E-state index in [-0.39, 0.29) is 0 Å². The average molecular weight is 204 g/mol. The van der Waals surface area contributed by atoms with Crippen molar-refractivity contribution in [3.63, 3.8) is 0 Å². The maximum absolute atomic E-state index is 5.86. The Morgan fingerprint density at radius 3 is 2.53 bits per heavy atom. The van der Waals surface area contributed by atoms with Crippen LogP contribution in [0.25, 0.3) is 0 Å². The Balaban J connectivity index is 2.43. The summed E-state index contributed by atoms with van der Waals surface area (Å²) in [6, 6.07) is 8.45. The van der Waals surface area contributed by atoms with Crippen molar-refractivity contribution in [2.45, 2.75) is 46.1 Å². The first kappa shape index (κ1) is 10.5. The molecule has 0 radical (unpaired) electrons. The van der Waals surface area contributed by atoms with Crippen LogP contribution >= 0.6 is 0 Å². The van der Waals surface area contributed by atoms with Crippen molar-refractivity contribution < 1.29 is 4.74 Å². The zero-order valence-electron chi connectivity index (χ0n) is 10.1. The van der Waals surface area contributed by atoms with Gasteiger partial charge < -0.3 is 4.74 Å². The third-order valence-electron chi connectivity index (χ3n) is 3.24. The fourth-order valence-electron chi connectivity index (χ4n) is 2.42. The molecule has 0 saturated carbocycles. The van der Waals surface area contributed by atoms with Crippen molar-refractivity contribution in [2.24, 2.45) is 5.41 Å². The molecule has 0 amide bonds. The van der Waals surface area contributed by atoms with E-state index in [1.165, 1.54) is 5.56 Å². The molecule has 0 N–H and O–H groups in total. The fraction of sp³-hybridized carbons (Fsp3) is 0.571. The molecule has 0 aromatic heterocycles. The molecule has 1 aliphatic rings. The topological polar surface area (TPSA) is 9.23 Å². The third-order valence-corrected chi connectivity index (χ3v) is 3.24. The quantitative estimate of drug-likeness (QED) is 0.621. The third kappa shape index (κ3) is 2.01. The Morgan fingerprint density at radius 1 is 1.20 bits per heavy atom. The second-order valence-corrected chi connectivity index (χ2v) is 5.62. The first-order valence-corrected chi connectivity index (χ1v) is 5.74. The summed E-state index contributed by atoms with van der Waals surface area (Å²) < 4.78 is 5.86. The highest BCUT2D eigenvalue weighted by atomic mass is 16.5. The lowest BCUT2D eigenvalue weighted by Crippen LogP contribution is -2.29. The van der Waals surface area contributed by atoms with Gasteiger partial charge in [0.05, 0.1) is 6.10 Å². The van der Waals surface area contributed by atoms with Gasteiger partial charge in [-0.15, -0.1) is 0 Å². The number of hydrogen-bond acceptors (Lipinski definition) is 1. The van der Waals surface area contributed by atoms with Gasteiger partial charge in [0.1, 0.15) is 5.75 Å². The number of benzene rings is 1. The van der Waals surface area contributed by atoms with Crippen LogP contribution < -0.4 is 4.74 Å². The van der Waals surface area contributed by atoms with Crippen molar-refractivity contribution in [3.05, 3.63) is 29.8 Å². The van der Waals surface area contributed by atoms with E-state index in [1.807, 2.05) is 0 Å². The molecule has 0 spiro atoms. The molecule has 0 fully saturated rings. The van der Waals surface area contributed by atoms with Crippen LogP contribution in [-0.2, 0) is 0 Å². The first-order valence-electron chi connectivity index (χ1n) is 5.74. The van der Waals surface area contributed by atoms with Crippen LogP contribution in [0.15, 0.2) is 24.3 Å². The number of fused-ring (bicyclic) bond motifs is 1. The molecule has 0 saturated heterocycles. The van der Waals surface area contributed by atoms with Crippen LogP contribution in [0.3, 0.4) is 0 Å². The Kier molecular flexibility index (Phi) is 2.49. The van der Waals surface area contributed by atoms with E-state index in [4.69, 9.17) is 4.74 Å². The largest absolute Gasteiger partial charge is 0.490 e. The SMILES string of the molecule is CC1CC(C(C)(C)C)c2ccccc2O1. The first-order chi connectivity index (χ1) is 6.98. The van der Waals surface area contributed by atoms with E-state index in [9.17, 15) is 0 Å². The Morgan fingerprint density at radius 2 is 1.87 bits per heavy atom. The molecule has 2 rings (SSSR count). The van der Waals surface area contributed by atoms with E-state index in [0.29, 0.717) is 17.4 Å². The van der Waals surface area contributed by atoms with Gasteiger partial charge in [0, 0.05) is 0 Å². The summed E-state index contributed by atoms with van der Waals surface area (Å²) >= 11 is 0. The molecular formula is C14H20O. The Bertz CT molecular complexity index is 349. The lowest BCUT2D eigenvalue weighted by molar-refractivity contribution is 0.138.